The molecule has 5 N–H and O–H groups in total. The molecular weight excluding hydrogens is 703 g/mol. The third kappa shape index (κ3) is 10.5. The van der Waals surface area contributed by atoms with Crippen LogP contribution in [-0.4, -0.2) is 116 Å². The van der Waals surface area contributed by atoms with E-state index in [2.05, 4.69) is 20.3 Å². The number of carbonyl (C=O) groups excluding carboxylic acids is 4. The van der Waals surface area contributed by atoms with Crippen LogP contribution in [0.3, 0.4) is 0 Å². The van der Waals surface area contributed by atoms with Gasteiger partial charge in [-0.2, -0.15) is 0 Å². The summed E-state index contributed by atoms with van der Waals surface area (Å²) in [6, 6.07) is 3.88. The lowest BCUT2D eigenvalue weighted by Gasteiger charge is -2.31. The van der Waals surface area contributed by atoms with Gasteiger partial charge in [-0.25, -0.2) is 22.9 Å². The van der Waals surface area contributed by atoms with Gasteiger partial charge in [-0.3, -0.25) is 14.4 Å². The molecule has 53 heavy (non-hydrogen) atoms. The van der Waals surface area contributed by atoms with Crippen molar-refractivity contribution in [2.45, 2.75) is 114 Å². The van der Waals surface area contributed by atoms with Gasteiger partial charge in [0.2, 0.25) is 27.6 Å². The smallest absolute Gasteiger partial charge is 0.410 e. The molecule has 0 unspecified atom stereocenters. The van der Waals surface area contributed by atoms with Crippen molar-refractivity contribution in [1.29, 1.82) is 0 Å². The minimum Gasteiger partial charge on any atom is -0.444 e. The first kappa shape index (κ1) is 39.1. The maximum absolute atomic E-state index is 14.4. The zero-order valence-electron chi connectivity index (χ0n) is 30.7. The Morgan fingerprint density at radius 2 is 1.72 bits per heavy atom. The Morgan fingerprint density at radius 3 is 2.42 bits per heavy atom. The second-order valence-corrected chi connectivity index (χ2v) is 17.2. The minimum absolute atomic E-state index is 0.000870. The molecule has 4 atom stereocenters. The van der Waals surface area contributed by atoms with Crippen LogP contribution in [0.25, 0.3) is 11.1 Å². The van der Waals surface area contributed by atoms with E-state index in [1.54, 1.807) is 29.2 Å². The summed E-state index contributed by atoms with van der Waals surface area (Å²) in [5.41, 5.74) is 7.13. The fourth-order valence-corrected chi connectivity index (χ4v) is 9.05. The molecular formula is C37H55N7O8S. The van der Waals surface area contributed by atoms with Gasteiger partial charge in [-0.1, -0.05) is 12.1 Å². The Morgan fingerprint density at radius 1 is 1.00 bits per heavy atom. The number of piperidine rings is 2. The number of carbonyl (C=O) groups is 4. The van der Waals surface area contributed by atoms with E-state index in [4.69, 9.17) is 14.9 Å². The SMILES string of the molecule is CS(=O)(=O)N[C@H](CCC1CCNCC1)C(=O)N1C[C@H](OC(=O)N2CCCCC2)C[C@H]1C(=O)N[C@@H](C[C@H]1CC[C@H](N)CC1)C(=O)c1nc2ccccc2o1. The van der Waals surface area contributed by atoms with Gasteiger partial charge in [0.1, 0.15) is 23.7 Å². The molecule has 0 spiro atoms. The molecule has 6 rings (SSSR count). The summed E-state index contributed by atoms with van der Waals surface area (Å²) < 4.78 is 39.3. The summed E-state index contributed by atoms with van der Waals surface area (Å²) in [4.78, 5) is 63.4. The highest BCUT2D eigenvalue weighted by molar-refractivity contribution is 7.88. The summed E-state index contributed by atoms with van der Waals surface area (Å²) in [7, 11) is -3.80. The van der Waals surface area contributed by atoms with Gasteiger partial charge in [-0.15, -0.1) is 0 Å². The van der Waals surface area contributed by atoms with Crippen LogP contribution in [0.15, 0.2) is 28.7 Å². The lowest BCUT2D eigenvalue weighted by Crippen LogP contribution is -2.55. The average Bonchev–Trinajstić information content (AvgIpc) is 3.78. The van der Waals surface area contributed by atoms with E-state index in [0.29, 0.717) is 42.9 Å². The number of nitrogens with two attached hydrogens (primary N) is 1. The number of aromatic nitrogens is 1. The summed E-state index contributed by atoms with van der Waals surface area (Å²) in [5, 5.41) is 6.27. The predicted molar refractivity (Wildman–Crippen MR) is 197 cm³/mol. The number of para-hydroxylation sites is 2. The van der Waals surface area contributed by atoms with Crippen molar-refractivity contribution in [2.75, 3.05) is 39.0 Å². The largest absolute Gasteiger partial charge is 0.444 e. The van der Waals surface area contributed by atoms with E-state index in [1.165, 1.54) is 4.90 Å². The first-order chi connectivity index (χ1) is 25.4. The number of benzene rings is 1. The predicted octanol–water partition coefficient (Wildman–Crippen LogP) is 2.69. The van der Waals surface area contributed by atoms with Crippen LogP contribution in [0.2, 0.25) is 0 Å². The zero-order valence-corrected chi connectivity index (χ0v) is 31.5. The van der Waals surface area contributed by atoms with Crippen LogP contribution >= 0.6 is 0 Å². The highest BCUT2D eigenvalue weighted by atomic mass is 32.2. The first-order valence-corrected chi connectivity index (χ1v) is 21.2. The van der Waals surface area contributed by atoms with Crippen LogP contribution in [-0.2, 0) is 24.3 Å². The van der Waals surface area contributed by atoms with Crippen LogP contribution in [0, 0.1) is 11.8 Å². The van der Waals surface area contributed by atoms with Crippen molar-refractivity contribution < 1.29 is 36.7 Å². The number of ether oxygens (including phenoxy) is 1. The van der Waals surface area contributed by atoms with E-state index in [0.717, 1.165) is 77.1 Å². The molecule has 0 bridgehead atoms. The second kappa shape index (κ2) is 17.7. The number of nitrogens with zero attached hydrogens (tertiary/aromatic N) is 3. The van der Waals surface area contributed by atoms with E-state index in [-0.39, 0.29) is 37.2 Å². The maximum Gasteiger partial charge on any atom is 0.410 e. The fourth-order valence-electron chi connectivity index (χ4n) is 8.32. The monoisotopic (exact) mass is 757 g/mol. The molecule has 16 heteroatoms. The standard InChI is InChI=1S/C37H55N7O8S/c1-53(49,50)42-29(14-11-24-15-17-39-18-16-24)36(47)44-23-27(51-37(48)43-19-5-2-6-20-43)22-31(44)34(46)40-30(21-25-9-12-26(38)13-10-25)33(45)35-41-28-7-3-4-8-32(28)52-35/h3-4,7-8,24-27,29-31,39,42H,2,5-6,9-23,38H2,1H3,(H,40,46)/t25-,26-,27-,29-,30+,31+/m1/s1. The number of nitrogens with one attached hydrogen (secondary N) is 3. The molecule has 3 saturated heterocycles. The van der Waals surface area contributed by atoms with Crippen molar-refractivity contribution in [2.24, 2.45) is 17.6 Å². The minimum atomic E-state index is -3.80. The lowest BCUT2D eigenvalue weighted by atomic mass is 9.82. The molecule has 1 aromatic heterocycles. The molecule has 2 aromatic rings. The molecule has 0 radical (unpaired) electrons. The van der Waals surface area contributed by atoms with Gasteiger partial charge in [0.15, 0.2) is 5.58 Å². The number of rotatable bonds is 13. The first-order valence-electron chi connectivity index (χ1n) is 19.3. The Kier molecular flexibility index (Phi) is 13.1. The normalized spacial score (nSPS) is 25.5. The number of fused-ring (bicyclic) bond motifs is 1. The van der Waals surface area contributed by atoms with Crippen molar-refractivity contribution in [3.63, 3.8) is 0 Å². The number of likely N-dealkylation sites (tertiary alicyclic amines) is 2. The molecule has 1 aliphatic carbocycles. The third-order valence-corrected chi connectivity index (χ3v) is 12.0. The molecule has 1 aromatic carbocycles. The Balaban J connectivity index is 1.24. The van der Waals surface area contributed by atoms with E-state index in [9.17, 15) is 27.6 Å². The quantitative estimate of drug-likeness (QED) is 0.219. The topological polar surface area (TPSA) is 206 Å². The Hall–Kier alpha value is -3.60. The highest BCUT2D eigenvalue weighted by Crippen LogP contribution is 2.30. The molecule has 4 heterocycles. The summed E-state index contributed by atoms with van der Waals surface area (Å²) in [6.07, 6.45) is 8.74. The molecule has 15 nitrogen and oxygen atoms in total. The summed E-state index contributed by atoms with van der Waals surface area (Å²) in [6.45, 7) is 2.77. The number of hydrogen-bond acceptors (Lipinski definition) is 11. The van der Waals surface area contributed by atoms with E-state index >= 15 is 0 Å². The number of sulfonamides is 1. The molecule has 3 aliphatic heterocycles. The number of hydrogen-bond donors (Lipinski definition) is 4. The molecule has 4 fully saturated rings. The van der Waals surface area contributed by atoms with Crippen LogP contribution < -0.4 is 21.1 Å². The lowest BCUT2D eigenvalue weighted by molar-refractivity contribution is -0.140. The van der Waals surface area contributed by atoms with Crippen molar-refractivity contribution in [3.8, 4) is 0 Å². The number of ketones is 1. The molecule has 292 valence electrons. The van der Waals surface area contributed by atoms with E-state index in [1.807, 2.05) is 0 Å². The number of amides is 3. The number of Topliss-reactive ketones (excluding diaryl/α,β-unsaturated/α-hetero) is 1. The maximum atomic E-state index is 14.4. The van der Waals surface area contributed by atoms with Gasteiger partial charge >= 0.3 is 6.09 Å². The van der Waals surface area contributed by atoms with Gasteiger partial charge in [0.25, 0.3) is 5.89 Å². The van der Waals surface area contributed by atoms with Crippen molar-refractivity contribution in [1.82, 2.24) is 30.1 Å². The Labute approximate surface area is 311 Å². The van der Waals surface area contributed by atoms with Gasteiger partial charge < -0.3 is 35.3 Å². The van der Waals surface area contributed by atoms with Gasteiger partial charge in [0.05, 0.1) is 18.8 Å². The summed E-state index contributed by atoms with van der Waals surface area (Å²) >= 11 is 0. The zero-order chi connectivity index (χ0) is 37.5. The molecule has 4 aliphatic rings. The van der Waals surface area contributed by atoms with E-state index < -0.39 is 57.9 Å². The van der Waals surface area contributed by atoms with Gasteiger partial charge in [0, 0.05) is 25.6 Å². The van der Waals surface area contributed by atoms with Crippen LogP contribution in [0.5, 0.6) is 0 Å². The third-order valence-electron chi connectivity index (χ3n) is 11.3. The van der Waals surface area contributed by atoms with Crippen LogP contribution in [0.4, 0.5) is 4.79 Å². The average molecular weight is 758 g/mol. The second-order valence-electron chi connectivity index (χ2n) is 15.4. The molecule has 1 saturated carbocycles. The van der Waals surface area contributed by atoms with Crippen LogP contribution in [0.1, 0.15) is 94.2 Å². The fraction of sp³-hybridized carbons (Fsp3) is 0.703. The van der Waals surface area contributed by atoms with Crippen molar-refractivity contribution in [3.05, 3.63) is 30.2 Å². The molecule has 3 amide bonds. The van der Waals surface area contributed by atoms with Gasteiger partial charge in [-0.05, 0) is 114 Å². The Bertz CT molecular complexity index is 1670. The van der Waals surface area contributed by atoms with Crippen molar-refractivity contribution >= 4 is 44.8 Å². The summed E-state index contributed by atoms with van der Waals surface area (Å²) in [5.74, 6) is -1.31. The highest BCUT2D eigenvalue weighted by Gasteiger charge is 2.45. The number of oxazole rings is 1.